The van der Waals surface area contributed by atoms with Gasteiger partial charge in [-0.2, -0.15) is 0 Å². The Labute approximate surface area is 238 Å². The highest BCUT2D eigenvalue weighted by Crippen LogP contribution is 2.30. The zero-order valence-electron chi connectivity index (χ0n) is 23.3. The van der Waals surface area contributed by atoms with E-state index in [-0.39, 0.29) is 43.3 Å². The third kappa shape index (κ3) is 6.40. The van der Waals surface area contributed by atoms with Crippen LogP contribution in [-0.2, 0) is 32.2 Å². The number of hydrogen-bond donors (Lipinski definition) is 3. The molecule has 3 N–H and O–H groups in total. The maximum absolute atomic E-state index is 13.3. The van der Waals surface area contributed by atoms with Crippen LogP contribution in [0.25, 0.3) is 0 Å². The largest absolute Gasteiger partial charge is 0.443 e. The molecule has 0 aromatic heterocycles. The lowest BCUT2D eigenvalue weighted by Crippen LogP contribution is -2.55. The van der Waals surface area contributed by atoms with Crippen LogP contribution in [0.2, 0.25) is 0 Å². The van der Waals surface area contributed by atoms with Gasteiger partial charge in [0, 0.05) is 36.2 Å². The second-order valence-electron chi connectivity index (χ2n) is 11.3. The first-order chi connectivity index (χ1) is 19.6. The Morgan fingerprint density at radius 1 is 1.15 bits per heavy atom. The lowest BCUT2D eigenvalue weighted by Gasteiger charge is -2.35. The molecule has 2 fully saturated rings. The maximum Gasteiger partial charge on any atom is 0.324 e. The highest BCUT2D eigenvalue weighted by molar-refractivity contribution is 6.05. The lowest BCUT2D eigenvalue weighted by atomic mass is 9.93. The molecule has 0 spiro atoms. The number of carbonyl (C=O) groups is 5. The summed E-state index contributed by atoms with van der Waals surface area (Å²) in [5, 5.41) is 8.69. The van der Waals surface area contributed by atoms with Crippen LogP contribution in [-0.4, -0.2) is 64.9 Å². The zero-order chi connectivity index (χ0) is 29.1. The first-order valence-corrected chi connectivity index (χ1v) is 13.9. The summed E-state index contributed by atoms with van der Waals surface area (Å²) in [4.78, 5) is 66.1. The molecule has 11 nitrogen and oxygen atoms in total. The second-order valence-corrected chi connectivity index (χ2v) is 11.3. The van der Waals surface area contributed by atoms with Crippen LogP contribution < -0.4 is 16.0 Å². The predicted molar refractivity (Wildman–Crippen MR) is 149 cm³/mol. The molecule has 216 valence electrons. The zero-order valence-corrected chi connectivity index (χ0v) is 23.3. The molecule has 2 atom stereocenters. The van der Waals surface area contributed by atoms with Crippen molar-refractivity contribution in [1.29, 1.82) is 0 Å². The van der Waals surface area contributed by atoms with Gasteiger partial charge in [-0.25, -0.2) is 9.69 Å². The average molecular weight is 562 g/mol. The summed E-state index contributed by atoms with van der Waals surface area (Å²) >= 11 is 0. The topological polar surface area (TPSA) is 137 Å². The van der Waals surface area contributed by atoms with Gasteiger partial charge in [0.2, 0.25) is 5.91 Å². The molecule has 1 aromatic rings. The van der Waals surface area contributed by atoms with Gasteiger partial charge in [0.15, 0.2) is 6.73 Å². The van der Waals surface area contributed by atoms with Gasteiger partial charge in [0.05, 0.1) is 0 Å². The Bertz CT molecular complexity index is 1360. The number of fused-ring (bicyclic) bond motifs is 1. The number of likely N-dealkylation sites (tertiary alicyclic amines) is 1. The molecule has 2 unspecified atom stereocenters. The number of nitrogens with one attached hydrogen (secondary N) is 3. The van der Waals surface area contributed by atoms with Crippen molar-refractivity contribution in [2.45, 2.75) is 64.7 Å². The molecule has 1 aromatic carbocycles. The molecule has 0 radical (unpaired) electrons. The van der Waals surface area contributed by atoms with Crippen LogP contribution in [0.4, 0.5) is 4.79 Å². The van der Waals surface area contributed by atoms with Gasteiger partial charge in [-0.3, -0.25) is 19.2 Å². The molecule has 3 heterocycles. The third-order valence-electron chi connectivity index (χ3n) is 7.75. The van der Waals surface area contributed by atoms with Crippen molar-refractivity contribution in [3.8, 4) is 0 Å². The Kier molecular flexibility index (Phi) is 8.07. The molecule has 5 amide bonds. The van der Waals surface area contributed by atoms with E-state index in [1.807, 2.05) is 36.4 Å². The molecule has 1 aliphatic carbocycles. The summed E-state index contributed by atoms with van der Waals surface area (Å²) in [6, 6.07) is 3.70. The number of esters is 1. The molecule has 2 saturated heterocycles. The van der Waals surface area contributed by atoms with Crippen LogP contribution in [0.5, 0.6) is 0 Å². The molecule has 0 bridgehead atoms. The monoisotopic (exact) mass is 561 g/mol. The van der Waals surface area contributed by atoms with Crippen LogP contribution in [0.3, 0.4) is 0 Å². The van der Waals surface area contributed by atoms with Crippen molar-refractivity contribution < 1.29 is 28.7 Å². The first kappa shape index (κ1) is 28.3. The van der Waals surface area contributed by atoms with Crippen molar-refractivity contribution in [3.05, 3.63) is 71.0 Å². The molecular weight excluding hydrogens is 526 g/mol. The molecular formula is C30H35N5O6. The van der Waals surface area contributed by atoms with Gasteiger partial charge in [0.25, 0.3) is 11.8 Å². The van der Waals surface area contributed by atoms with Gasteiger partial charge in [-0.1, -0.05) is 44.2 Å². The number of urea groups is 1. The fourth-order valence-electron chi connectivity index (χ4n) is 5.38. The number of carbonyl (C=O) groups excluding carboxylic acids is 5. The number of benzene rings is 1. The molecule has 0 saturated carbocycles. The second kappa shape index (κ2) is 11.7. The smallest absolute Gasteiger partial charge is 0.324 e. The molecule has 4 aliphatic rings. The number of hydrogen-bond acceptors (Lipinski definition) is 7. The van der Waals surface area contributed by atoms with Crippen LogP contribution in [0.15, 0.2) is 54.3 Å². The highest BCUT2D eigenvalue weighted by Gasteiger charge is 2.43. The molecule has 3 aliphatic heterocycles. The minimum atomic E-state index is -0.830. The molecule has 11 heteroatoms. The summed E-state index contributed by atoms with van der Waals surface area (Å²) in [5.41, 5.74) is 2.61. The maximum atomic E-state index is 13.3. The van der Waals surface area contributed by atoms with Gasteiger partial charge < -0.3 is 25.6 Å². The molecule has 41 heavy (non-hydrogen) atoms. The Hall–Kier alpha value is -4.25. The highest BCUT2D eigenvalue weighted by atomic mass is 16.5. The fourth-order valence-corrected chi connectivity index (χ4v) is 5.38. The number of allylic oxidation sites excluding steroid dienone is 5. The number of ether oxygens (including phenoxy) is 1. The van der Waals surface area contributed by atoms with E-state index in [1.54, 1.807) is 12.1 Å². The van der Waals surface area contributed by atoms with E-state index >= 15 is 0 Å². The minimum Gasteiger partial charge on any atom is -0.443 e. The first-order valence-electron chi connectivity index (χ1n) is 13.9. The number of imide groups is 1. The summed E-state index contributed by atoms with van der Waals surface area (Å²) in [6.07, 6.45) is 11.5. The van der Waals surface area contributed by atoms with E-state index in [9.17, 15) is 24.0 Å². The summed E-state index contributed by atoms with van der Waals surface area (Å²) in [6.45, 7) is 4.86. The van der Waals surface area contributed by atoms with E-state index in [2.05, 4.69) is 29.8 Å². The van der Waals surface area contributed by atoms with E-state index in [0.717, 1.165) is 29.0 Å². The van der Waals surface area contributed by atoms with Crippen molar-refractivity contribution in [3.63, 3.8) is 0 Å². The van der Waals surface area contributed by atoms with Gasteiger partial charge in [-0.15, -0.1) is 0 Å². The van der Waals surface area contributed by atoms with E-state index in [1.165, 1.54) is 4.90 Å². The fraction of sp³-hybridized carbons (Fsp3) is 0.433. The van der Waals surface area contributed by atoms with Crippen molar-refractivity contribution in [2.24, 2.45) is 5.41 Å². The number of amides is 5. The SMILES string of the molecule is CC1(C)C=CC=C(NC(=O)NCc2ccc3c(c2)CN(C2CCC(=O)N(COC(=O)C4CCCN4)C2=O)C3=O)C=C1. The third-order valence-corrected chi connectivity index (χ3v) is 7.75. The minimum absolute atomic E-state index is 0.0684. The van der Waals surface area contributed by atoms with Gasteiger partial charge in [-0.05, 0) is 55.2 Å². The van der Waals surface area contributed by atoms with Crippen LogP contribution >= 0.6 is 0 Å². The van der Waals surface area contributed by atoms with E-state index in [4.69, 9.17) is 4.74 Å². The van der Waals surface area contributed by atoms with Crippen molar-refractivity contribution in [1.82, 2.24) is 25.8 Å². The Morgan fingerprint density at radius 3 is 2.76 bits per heavy atom. The normalized spacial score (nSPS) is 23.3. The predicted octanol–water partition coefficient (Wildman–Crippen LogP) is 2.25. The quantitative estimate of drug-likeness (QED) is 0.343. The molecule has 5 rings (SSSR count). The summed E-state index contributed by atoms with van der Waals surface area (Å²) in [7, 11) is 0. The summed E-state index contributed by atoms with van der Waals surface area (Å²) in [5.74, 6) is -1.76. The van der Waals surface area contributed by atoms with E-state index in [0.29, 0.717) is 17.7 Å². The van der Waals surface area contributed by atoms with Gasteiger partial charge >= 0.3 is 12.0 Å². The van der Waals surface area contributed by atoms with Crippen molar-refractivity contribution in [2.75, 3.05) is 13.3 Å². The van der Waals surface area contributed by atoms with E-state index < -0.39 is 36.6 Å². The Balaban J connectivity index is 1.17. The van der Waals surface area contributed by atoms with Crippen LogP contribution in [0, 0.1) is 5.41 Å². The number of rotatable bonds is 7. The number of piperidine rings is 1. The number of nitrogens with zero attached hydrogens (tertiary/aromatic N) is 2. The lowest BCUT2D eigenvalue weighted by molar-refractivity contribution is -0.165. The standard InChI is InChI=1S/C30H35N5O6/c1-30(2)12-3-5-21(11-13-30)33-29(40)32-16-19-7-8-22-20(15-19)17-34(26(22)37)24-9-10-25(36)35(27(24)38)18-41-28(39)23-6-4-14-31-23/h3,5,7-8,11-13,15,23-24,31H,4,6,9-10,14,16-18H2,1-2H3,(H2,32,33,40). The van der Waals surface area contributed by atoms with Gasteiger partial charge in [0.1, 0.15) is 12.1 Å². The average Bonchev–Trinajstić information content (AvgIpc) is 3.55. The summed E-state index contributed by atoms with van der Waals surface area (Å²) < 4.78 is 5.26. The van der Waals surface area contributed by atoms with Crippen LogP contribution in [0.1, 0.15) is 61.0 Å². The van der Waals surface area contributed by atoms with Crippen molar-refractivity contribution >= 4 is 29.7 Å². The Morgan fingerprint density at radius 2 is 1.98 bits per heavy atom.